The number of carboxylic acids is 1. The van der Waals surface area contributed by atoms with Crippen molar-refractivity contribution in [3.05, 3.63) is 0 Å². The van der Waals surface area contributed by atoms with Crippen LogP contribution in [0.2, 0.25) is 0 Å². The predicted molar refractivity (Wildman–Crippen MR) is 34.2 cm³/mol. The van der Waals surface area contributed by atoms with Gasteiger partial charge in [0.2, 0.25) is 0 Å². The van der Waals surface area contributed by atoms with Crippen molar-refractivity contribution >= 4 is 35.5 Å². The molecule has 0 bridgehead atoms. The molecule has 0 spiro atoms. The van der Waals surface area contributed by atoms with Gasteiger partial charge < -0.3 is 5.11 Å². The van der Waals surface area contributed by atoms with Crippen LogP contribution in [0.1, 0.15) is 20.3 Å². The summed E-state index contributed by atoms with van der Waals surface area (Å²) in [4.78, 5) is 9.81. The van der Waals surface area contributed by atoms with Gasteiger partial charge in [0, 0.05) is 6.42 Å². The summed E-state index contributed by atoms with van der Waals surface area (Å²) in [6.07, 6.45) is 0.278. The molecule has 3 heteroatoms. The molecule has 8 heavy (non-hydrogen) atoms. The van der Waals surface area contributed by atoms with Gasteiger partial charge in [0.05, 0.1) is 0 Å². The fraction of sp³-hybridized carbons (Fsp3) is 0.800. The van der Waals surface area contributed by atoms with Crippen LogP contribution in [0.15, 0.2) is 0 Å². The number of aliphatic carboxylic acids is 1. The molecule has 0 amide bonds. The number of carbonyl (C=O) groups is 1. The topological polar surface area (TPSA) is 37.3 Å². The monoisotopic (exact) mass is 126 g/mol. The summed E-state index contributed by atoms with van der Waals surface area (Å²) >= 11 is 0. The van der Waals surface area contributed by atoms with E-state index < -0.39 is 5.97 Å². The fourth-order valence-corrected chi connectivity index (χ4v) is 0.349. The first-order valence-corrected chi connectivity index (χ1v) is 2.34. The minimum absolute atomic E-state index is 0. The molecular weight excluding hydrogens is 115 g/mol. The normalized spacial score (nSPS) is 8.38. The SMILES string of the molecule is CC(C)CC(=O)O.[NaH]. The van der Waals surface area contributed by atoms with Gasteiger partial charge >= 0.3 is 35.5 Å². The molecule has 0 atom stereocenters. The zero-order valence-electron chi connectivity index (χ0n) is 4.64. The van der Waals surface area contributed by atoms with Gasteiger partial charge in [-0.25, -0.2) is 0 Å². The molecule has 0 rings (SSSR count). The van der Waals surface area contributed by atoms with E-state index in [0.717, 1.165) is 0 Å². The van der Waals surface area contributed by atoms with E-state index in [1.54, 1.807) is 0 Å². The number of hydrogen-bond acceptors (Lipinski definition) is 1. The van der Waals surface area contributed by atoms with Gasteiger partial charge in [-0.3, -0.25) is 4.79 Å². The van der Waals surface area contributed by atoms with E-state index in [1.807, 2.05) is 13.8 Å². The molecule has 0 aromatic rings. The molecule has 0 aliphatic heterocycles. The Balaban J connectivity index is 0. The van der Waals surface area contributed by atoms with Crippen molar-refractivity contribution in [2.75, 3.05) is 0 Å². The maximum absolute atomic E-state index is 9.81. The first-order chi connectivity index (χ1) is 3.13. The Morgan fingerprint density at radius 2 is 2.00 bits per heavy atom. The van der Waals surface area contributed by atoms with Crippen LogP contribution in [0.4, 0.5) is 0 Å². The van der Waals surface area contributed by atoms with Gasteiger partial charge in [-0.2, -0.15) is 0 Å². The Labute approximate surface area is 71.6 Å². The Hall–Kier alpha value is 0.470. The van der Waals surface area contributed by atoms with E-state index in [-0.39, 0.29) is 41.9 Å². The van der Waals surface area contributed by atoms with Crippen molar-refractivity contribution in [1.29, 1.82) is 0 Å². The second-order valence-electron chi connectivity index (χ2n) is 1.99. The van der Waals surface area contributed by atoms with E-state index in [1.165, 1.54) is 0 Å². The third-order valence-corrected chi connectivity index (χ3v) is 0.583. The first kappa shape index (κ1) is 11.3. The molecule has 2 nitrogen and oxygen atoms in total. The zero-order valence-corrected chi connectivity index (χ0v) is 4.64. The Morgan fingerprint density at radius 3 is 2.00 bits per heavy atom. The maximum atomic E-state index is 9.81. The molecule has 0 aromatic heterocycles. The van der Waals surface area contributed by atoms with Gasteiger partial charge in [0.25, 0.3) is 0 Å². The molecule has 0 unspecified atom stereocenters. The molecular formula is C5H11NaO2. The molecule has 0 saturated carbocycles. The van der Waals surface area contributed by atoms with E-state index in [4.69, 9.17) is 5.11 Å². The summed E-state index contributed by atoms with van der Waals surface area (Å²) in [6.45, 7) is 3.77. The van der Waals surface area contributed by atoms with E-state index in [9.17, 15) is 4.79 Å². The second-order valence-corrected chi connectivity index (χ2v) is 1.99. The molecule has 0 heterocycles. The third kappa shape index (κ3) is 9.69. The predicted octanol–water partition coefficient (Wildman–Crippen LogP) is 0.469. The second kappa shape index (κ2) is 5.60. The summed E-state index contributed by atoms with van der Waals surface area (Å²) in [5, 5.41) is 8.08. The van der Waals surface area contributed by atoms with Crippen LogP contribution in [0.3, 0.4) is 0 Å². The molecule has 0 fully saturated rings. The molecule has 1 N–H and O–H groups in total. The quantitative estimate of drug-likeness (QED) is 0.546. The van der Waals surface area contributed by atoms with Crippen LogP contribution >= 0.6 is 0 Å². The standard InChI is InChI=1S/C5H10O2.Na.H/c1-4(2)3-5(6)7;;/h4H,3H2,1-2H3,(H,6,7);;. The van der Waals surface area contributed by atoms with Crippen molar-refractivity contribution in [3.63, 3.8) is 0 Å². The van der Waals surface area contributed by atoms with Crippen LogP contribution in [0, 0.1) is 5.92 Å². The van der Waals surface area contributed by atoms with Crippen molar-refractivity contribution in [3.8, 4) is 0 Å². The zero-order chi connectivity index (χ0) is 5.86. The summed E-state index contributed by atoms with van der Waals surface area (Å²) in [6, 6.07) is 0. The number of carboxylic acid groups (broad SMARTS) is 1. The van der Waals surface area contributed by atoms with Crippen molar-refractivity contribution < 1.29 is 9.90 Å². The van der Waals surface area contributed by atoms with Gasteiger partial charge in [0.1, 0.15) is 0 Å². The van der Waals surface area contributed by atoms with Crippen molar-refractivity contribution in [1.82, 2.24) is 0 Å². The van der Waals surface area contributed by atoms with Crippen LogP contribution in [0.5, 0.6) is 0 Å². The van der Waals surface area contributed by atoms with Gasteiger partial charge in [0.15, 0.2) is 0 Å². The summed E-state index contributed by atoms with van der Waals surface area (Å²) in [5.41, 5.74) is 0. The van der Waals surface area contributed by atoms with Crippen LogP contribution in [0.25, 0.3) is 0 Å². The van der Waals surface area contributed by atoms with Crippen molar-refractivity contribution in [2.24, 2.45) is 5.92 Å². The number of hydrogen-bond donors (Lipinski definition) is 1. The van der Waals surface area contributed by atoms with Crippen molar-refractivity contribution in [2.45, 2.75) is 20.3 Å². The third-order valence-electron chi connectivity index (χ3n) is 0.583. The Kier molecular flexibility index (Phi) is 7.91. The van der Waals surface area contributed by atoms with E-state index in [0.29, 0.717) is 0 Å². The Bertz CT molecular complexity index is 70.8. The van der Waals surface area contributed by atoms with Gasteiger partial charge in [-0.15, -0.1) is 0 Å². The van der Waals surface area contributed by atoms with E-state index in [2.05, 4.69) is 0 Å². The molecule has 0 aromatic carbocycles. The fourth-order valence-electron chi connectivity index (χ4n) is 0.349. The van der Waals surface area contributed by atoms with Gasteiger partial charge in [-0.1, -0.05) is 13.8 Å². The van der Waals surface area contributed by atoms with Crippen LogP contribution in [-0.4, -0.2) is 40.6 Å². The summed E-state index contributed by atoms with van der Waals surface area (Å²) < 4.78 is 0. The molecule has 0 radical (unpaired) electrons. The van der Waals surface area contributed by atoms with Crippen LogP contribution < -0.4 is 0 Å². The molecule has 0 aliphatic rings. The molecule has 44 valence electrons. The van der Waals surface area contributed by atoms with Gasteiger partial charge in [-0.05, 0) is 5.92 Å². The summed E-state index contributed by atoms with van der Waals surface area (Å²) in [5.74, 6) is -0.438. The number of rotatable bonds is 2. The average Bonchev–Trinajstić information content (AvgIpc) is 1.27. The molecule has 0 aliphatic carbocycles. The minimum atomic E-state index is -0.713. The molecule has 0 saturated heterocycles. The Morgan fingerprint density at radius 1 is 1.62 bits per heavy atom. The summed E-state index contributed by atoms with van der Waals surface area (Å²) in [7, 11) is 0. The first-order valence-electron chi connectivity index (χ1n) is 2.34. The average molecular weight is 126 g/mol. The van der Waals surface area contributed by atoms with E-state index >= 15 is 0 Å². The van der Waals surface area contributed by atoms with Crippen LogP contribution in [-0.2, 0) is 4.79 Å².